The number of rotatable bonds is 3. The molecule has 0 aliphatic carbocycles. The molecule has 1 N–H and O–H groups in total. The molecule has 0 bridgehead atoms. The molecular formula is C13H13F4NO4S. The van der Waals surface area contributed by atoms with E-state index in [2.05, 4.69) is 0 Å². The van der Waals surface area contributed by atoms with E-state index in [4.69, 9.17) is 5.11 Å². The second-order valence-corrected chi connectivity index (χ2v) is 7.21. The smallest absolute Gasteiger partial charge is 0.393 e. The number of halogens is 4. The highest BCUT2D eigenvalue weighted by Gasteiger charge is 2.55. The summed E-state index contributed by atoms with van der Waals surface area (Å²) in [5, 5.41) is 8.90. The van der Waals surface area contributed by atoms with E-state index in [1.54, 1.807) is 0 Å². The number of hydrogen-bond acceptors (Lipinski definition) is 3. The molecule has 0 aromatic heterocycles. The lowest BCUT2D eigenvalue weighted by molar-refractivity contribution is -0.187. The van der Waals surface area contributed by atoms with Crippen LogP contribution in [0.5, 0.6) is 0 Å². The second kappa shape index (κ2) is 5.75. The molecule has 2 atom stereocenters. The second-order valence-electron chi connectivity index (χ2n) is 5.30. The maximum Gasteiger partial charge on any atom is 0.393 e. The summed E-state index contributed by atoms with van der Waals surface area (Å²) in [4.78, 5) is 10.2. The fourth-order valence-electron chi connectivity index (χ4n) is 2.50. The van der Waals surface area contributed by atoms with E-state index in [0.717, 1.165) is 6.07 Å². The molecule has 1 aliphatic rings. The number of alkyl halides is 3. The van der Waals surface area contributed by atoms with Gasteiger partial charge in [0.15, 0.2) is 0 Å². The molecule has 10 heteroatoms. The minimum absolute atomic E-state index is 0.0208. The number of hydrogen-bond donors (Lipinski definition) is 1. The van der Waals surface area contributed by atoms with Gasteiger partial charge in [-0.15, -0.1) is 0 Å². The van der Waals surface area contributed by atoms with Crippen molar-refractivity contribution in [2.45, 2.75) is 18.0 Å². The first-order valence-electron chi connectivity index (χ1n) is 6.51. The molecule has 0 unspecified atom stereocenters. The lowest BCUT2D eigenvalue weighted by Gasteiger charge is -2.18. The molecule has 1 aliphatic heterocycles. The van der Waals surface area contributed by atoms with Crippen molar-refractivity contribution in [3.8, 4) is 0 Å². The summed E-state index contributed by atoms with van der Waals surface area (Å²) in [5.74, 6) is -7.05. The van der Waals surface area contributed by atoms with Gasteiger partial charge >= 0.3 is 12.1 Å². The number of benzene rings is 1. The standard InChI is InChI=1S/C13H13F4NO4S/c1-7-3-2-4-10(11(7)14)23(21,22)18-5-8(12(19)20)9(6-18)13(15,16)17/h2-4,8-9H,5-6H2,1H3,(H,19,20)/t8-,9-/m1/s1. The highest BCUT2D eigenvalue weighted by atomic mass is 32.2. The summed E-state index contributed by atoms with van der Waals surface area (Å²) in [7, 11) is -4.56. The van der Waals surface area contributed by atoms with Crippen LogP contribution < -0.4 is 0 Å². The lowest BCUT2D eigenvalue weighted by atomic mass is 9.96. The van der Waals surface area contributed by atoms with Gasteiger partial charge in [0.25, 0.3) is 0 Å². The van der Waals surface area contributed by atoms with Gasteiger partial charge in [-0.2, -0.15) is 17.5 Å². The van der Waals surface area contributed by atoms with Gasteiger partial charge in [-0.05, 0) is 18.6 Å². The molecule has 1 aromatic carbocycles. The van der Waals surface area contributed by atoms with Gasteiger partial charge in [0.2, 0.25) is 10.0 Å². The fraction of sp³-hybridized carbons (Fsp3) is 0.462. The normalized spacial score (nSPS) is 23.2. The maximum atomic E-state index is 14.0. The van der Waals surface area contributed by atoms with Crippen LogP contribution >= 0.6 is 0 Å². The zero-order valence-corrected chi connectivity index (χ0v) is 12.7. The Morgan fingerprint density at radius 3 is 2.39 bits per heavy atom. The Morgan fingerprint density at radius 1 is 1.30 bits per heavy atom. The molecule has 0 radical (unpaired) electrons. The van der Waals surface area contributed by atoms with Crippen molar-refractivity contribution < 1.29 is 35.9 Å². The molecule has 23 heavy (non-hydrogen) atoms. The Balaban J connectivity index is 2.42. The van der Waals surface area contributed by atoms with Crippen molar-refractivity contribution in [2.75, 3.05) is 13.1 Å². The minimum Gasteiger partial charge on any atom is -0.481 e. The van der Waals surface area contributed by atoms with E-state index in [-0.39, 0.29) is 5.56 Å². The van der Waals surface area contributed by atoms with E-state index < -0.39 is 57.8 Å². The number of aliphatic carboxylic acids is 1. The molecular weight excluding hydrogens is 342 g/mol. The van der Waals surface area contributed by atoms with Crippen molar-refractivity contribution in [1.29, 1.82) is 0 Å². The average Bonchev–Trinajstić information content (AvgIpc) is 2.87. The Kier molecular flexibility index (Phi) is 4.42. The highest BCUT2D eigenvalue weighted by molar-refractivity contribution is 7.89. The predicted octanol–water partition coefficient (Wildman–Crippen LogP) is 2.02. The number of carbonyl (C=O) groups is 1. The van der Waals surface area contributed by atoms with Gasteiger partial charge in [0, 0.05) is 13.1 Å². The maximum absolute atomic E-state index is 14.0. The predicted molar refractivity (Wildman–Crippen MR) is 70.6 cm³/mol. The van der Waals surface area contributed by atoms with Gasteiger partial charge in [0.1, 0.15) is 10.7 Å². The van der Waals surface area contributed by atoms with Gasteiger partial charge in [-0.1, -0.05) is 12.1 Å². The first-order chi connectivity index (χ1) is 10.5. The molecule has 2 rings (SSSR count). The number of carboxylic acid groups (broad SMARTS) is 1. The number of aryl methyl sites for hydroxylation is 1. The van der Waals surface area contributed by atoms with Crippen LogP contribution in [0.2, 0.25) is 0 Å². The summed E-state index contributed by atoms with van der Waals surface area (Å²) >= 11 is 0. The summed E-state index contributed by atoms with van der Waals surface area (Å²) in [6.07, 6.45) is -4.86. The number of nitrogens with zero attached hydrogens (tertiary/aromatic N) is 1. The van der Waals surface area contributed by atoms with E-state index in [1.165, 1.54) is 19.1 Å². The van der Waals surface area contributed by atoms with Crippen LogP contribution in [0.1, 0.15) is 5.56 Å². The van der Waals surface area contributed by atoms with E-state index >= 15 is 0 Å². The van der Waals surface area contributed by atoms with Crippen molar-refractivity contribution in [3.63, 3.8) is 0 Å². The van der Waals surface area contributed by atoms with Crippen LogP contribution in [0.3, 0.4) is 0 Å². The lowest BCUT2D eigenvalue weighted by Crippen LogP contribution is -2.34. The quantitative estimate of drug-likeness (QED) is 0.842. The van der Waals surface area contributed by atoms with E-state index in [0.29, 0.717) is 4.31 Å². The van der Waals surface area contributed by atoms with Crippen LogP contribution in [0.4, 0.5) is 17.6 Å². The summed E-state index contributed by atoms with van der Waals surface area (Å²) in [5.41, 5.74) is 0.0208. The van der Waals surface area contributed by atoms with Gasteiger partial charge in [0.05, 0.1) is 11.8 Å². The average molecular weight is 355 g/mol. The molecule has 1 heterocycles. The Hall–Kier alpha value is -1.68. The summed E-state index contributed by atoms with van der Waals surface area (Å²) in [6, 6.07) is 3.52. The molecule has 128 valence electrons. The van der Waals surface area contributed by atoms with Crippen LogP contribution in [0, 0.1) is 24.6 Å². The van der Waals surface area contributed by atoms with Crippen molar-refractivity contribution in [2.24, 2.45) is 11.8 Å². The molecule has 1 aromatic rings. The largest absolute Gasteiger partial charge is 0.481 e. The van der Waals surface area contributed by atoms with E-state index in [9.17, 15) is 30.8 Å². The first kappa shape index (κ1) is 17.7. The number of carboxylic acids is 1. The van der Waals surface area contributed by atoms with Crippen LogP contribution in [0.15, 0.2) is 23.1 Å². The summed E-state index contributed by atoms with van der Waals surface area (Å²) < 4.78 is 77.9. The van der Waals surface area contributed by atoms with Crippen LogP contribution in [-0.4, -0.2) is 43.1 Å². The highest BCUT2D eigenvalue weighted by Crippen LogP contribution is 2.39. The van der Waals surface area contributed by atoms with Crippen LogP contribution in [-0.2, 0) is 14.8 Å². The zero-order chi connectivity index (χ0) is 17.6. The Labute approximate surface area is 129 Å². The van der Waals surface area contributed by atoms with Gasteiger partial charge in [-0.3, -0.25) is 4.79 Å². The summed E-state index contributed by atoms with van der Waals surface area (Å²) in [6.45, 7) is -0.581. The SMILES string of the molecule is Cc1cccc(S(=O)(=O)N2C[C@@H](C(F)(F)F)[C@H](C(=O)O)C2)c1F. The van der Waals surface area contributed by atoms with Crippen LogP contribution in [0.25, 0.3) is 0 Å². The monoisotopic (exact) mass is 355 g/mol. The molecule has 1 fully saturated rings. The third-order valence-corrected chi connectivity index (χ3v) is 5.65. The van der Waals surface area contributed by atoms with Crippen molar-refractivity contribution in [3.05, 3.63) is 29.6 Å². The minimum atomic E-state index is -4.86. The Morgan fingerprint density at radius 2 is 1.91 bits per heavy atom. The Bertz CT molecular complexity index is 732. The van der Waals surface area contributed by atoms with Crippen molar-refractivity contribution in [1.82, 2.24) is 4.31 Å². The molecule has 0 spiro atoms. The topological polar surface area (TPSA) is 74.7 Å². The van der Waals surface area contributed by atoms with Gasteiger partial charge < -0.3 is 5.11 Å². The van der Waals surface area contributed by atoms with Crippen molar-refractivity contribution >= 4 is 16.0 Å². The van der Waals surface area contributed by atoms with Gasteiger partial charge in [-0.25, -0.2) is 12.8 Å². The third kappa shape index (κ3) is 3.18. The number of sulfonamides is 1. The van der Waals surface area contributed by atoms with E-state index in [1.807, 2.05) is 0 Å². The molecule has 0 amide bonds. The zero-order valence-electron chi connectivity index (χ0n) is 11.8. The fourth-order valence-corrected chi connectivity index (χ4v) is 4.13. The third-order valence-electron chi connectivity index (χ3n) is 3.80. The first-order valence-corrected chi connectivity index (χ1v) is 7.95. The molecule has 0 saturated carbocycles. The molecule has 1 saturated heterocycles. The molecule has 5 nitrogen and oxygen atoms in total.